The minimum atomic E-state index is -1.08. The predicted octanol–water partition coefficient (Wildman–Crippen LogP) is -0.594. The van der Waals surface area contributed by atoms with Gasteiger partial charge in [0.15, 0.2) is 0 Å². The topological polar surface area (TPSA) is 209 Å². The Morgan fingerprint density at radius 2 is 1.31 bits per heavy atom. The number of nitrogens with zero attached hydrogens (tertiary/aromatic N) is 2. The van der Waals surface area contributed by atoms with Crippen LogP contribution >= 0.6 is 11.6 Å². The average molecular weight is 511 g/mol. The number of amides is 3. The molecule has 3 amide bonds. The van der Waals surface area contributed by atoms with E-state index in [1.54, 1.807) is 38.2 Å². The number of carbonyl (C=O) groups is 6. The van der Waals surface area contributed by atoms with Crippen LogP contribution < -0.4 is 22.1 Å². The van der Waals surface area contributed by atoms with Crippen molar-refractivity contribution in [3.63, 3.8) is 0 Å². The zero-order chi connectivity index (χ0) is 26.6. The fourth-order valence-electron chi connectivity index (χ4n) is 1.70. The zero-order valence-electron chi connectivity index (χ0n) is 18.6. The van der Waals surface area contributed by atoms with Crippen molar-refractivity contribution < 1.29 is 38.2 Å². The van der Waals surface area contributed by atoms with E-state index in [4.69, 9.17) is 17.4 Å². The quantitative estimate of drug-likeness (QED) is 0.0996. The molecule has 2 rings (SSSR count). The predicted molar refractivity (Wildman–Crippen MR) is 120 cm³/mol. The van der Waals surface area contributed by atoms with Crippen LogP contribution in [0.4, 0.5) is 0 Å². The Morgan fingerprint density at radius 1 is 0.829 bits per heavy atom. The van der Waals surface area contributed by atoms with Gasteiger partial charge in [0.05, 0.1) is 24.3 Å². The second-order valence-electron chi connectivity index (χ2n) is 5.58. The van der Waals surface area contributed by atoms with Crippen molar-refractivity contribution in [1.82, 2.24) is 26.2 Å². The number of aromatic nitrogens is 2. The van der Waals surface area contributed by atoms with Gasteiger partial charge in [-0.15, -0.1) is 0 Å². The van der Waals surface area contributed by atoms with Crippen molar-refractivity contribution in [2.75, 3.05) is 13.2 Å². The molecule has 0 spiro atoms. The summed E-state index contributed by atoms with van der Waals surface area (Å²) in [6.07, 6.45) is 5.87. The molecule has 0 radical (unpaired) electrons. The first-order chi connectivity index (χ1) is 16.7. The SMILES string of the molecule is CCOC(=O)C(=O)Cl.CCOC(=O)C(=O)NNC(=O)c1cccnc1.NNC(=O)c1cccnc1. The molecular formula is C20H23ClN6O8. The van der Waals surface area contributed by atoms with Crippen LogP contribution in [-0.4, -0.2) is 58.1 Å². The molecular weight excluding hydrogens is 488 g/mol. The normalized spacial score (nSPS) is 8.91. The summed E-state index contributed by atoms with van der Waals surface area (Å²) in [7, 11) is 0. The number of pyridine rings is 2. The van der Waals surface area contributed by atoms with Crippen molar-refractivity contribution in [2.24, 2.45) is 5.84 Å². The minimum Gasteiger partial charge on any atom is -0.459 e. The number of rotatable bonds is 5. The van der Waals surface area contributed by atoms with Gasteiger partial charge in [0, 0.05) is 24.8 Å². The van der Waals surface area contributed by atoms with E-state index < -0.39 is 29.0 Å². The number of nitrogens with two attached hydrogens (primary N) is 1. The summed E-state index contributed by atoms with van der Waals surface area (Å²) in [5.41, 5.74) is 6.71. The lowest BCUT2D eigenvalue weighted by Crippen LogP contribution is -2.45. The van der Waals surface area contributed by atoms with Gasteiger partial charge in [0.2, 0.25) is 0 Å². The van der Waals surface area contributed by atoms with E-state index >= 15 is 0 Å². The van der Waals surface area contributed by atoms with Crippen molar-refractivity contribution in [3.05, 3.63) is 60.2 Å². The fraction of sp³-hybridized carbons (Fsp3) is 0.200. The van der Waals surface area contributed by atoms with E-state index in [2.05, 4.69) is 24.9 Å². The highest BCUT2D eigenvalue weighted by atomic mass is 35.5. The van der Waals surface area contributed by atoms with Gasteiger partial charge in [-0.2, -0.15) is 0 Å². The van der Waals surface area contributed by atoms with Crippen LogP contribution in [0.1, 0.15) is 34.6 Å². The van der Waals surface area contributed by atoms with Gasteiger partial charge in [0.1, 0.15) is 0 Å². The number of hydrogen-bond donors (Lipinski definition) is 4. The van der Waals surface area contributed by atoms with E-state index in [1.165, 1.54) is 24.7 Å². The Balaban J connectivity index is 0.000000545. The molecule has 35 heavy (non-hydrogen) atoms. The maximum atomic E-state index is 11.4. The van der Waals surface area contributed by atoms with E-state index in [0.717, 1.165) is 0 Å². The van der Waals surface area contributed by atoms with E-state index in [1.807, 2.05) is 10.9 Å². The molecule has 0 aliphatic rings. The molecule has 0 atom stereocenters. The number of hydrazine groups is 2. The van der Waals surface area contributed by atoms with Gasteiger partial charge >= 0.3 is 23.1 Å². The summed E-state index contributed by atoms with van der Waals surface area (Å²) in [5.74, 6) is 0.892. The van der Waals surface area contributed by atoms with Gasteiger partial charge in [0.25, 0.3) is 11.8 Å². The molecule has 2 aromatic heterocycles. The van der Waals surface area contributed by atoms with Crippen LogP contribution in [0.2, 0.25) is 0 Å². The number of carbonyl (C=O) groups excluding carboxylic acids is 6. The lowest BCUT2D eigenvalue weighted by Gasteiger charge is -2.06. The van der Waals surface area contributed by atoms with Gasteiger partial charge in [-0.1, -0.05) is 0 Å². The summed E-state index contributed by atoms with van der Waals surface area (Å²) >= 11 is 4.69. The van der Waals surface area contributed by atoms with Crippen LogP contribution in [0.3, 0.4) is 0 Å². The Bertz CT molecular complexity index is 992. The zero-order valence-corrected chi connectivity index (χ0v) is 19.4. The van der Waals surface area contributed by atoms with Crippen LogP contribution in [-0.2, 0) is 28.7 Å². The Kier molecular flexibility index (Phi) is 15.8. The molecule has 0 fully saturated rings. The van der Waals surface area contributed by atoms with Crippen LogP contribution in [0, 0.1) is 0 Å². The molecule has 2 heterocycles. The number of nitrogen functional groups attached to an aromatic ring is 1. The Morgan fingerprint density at radius 3 is 1.69 bits per heavy atom. The monoisotopic (exact) mass is 510 g/mol. The number of halogens is 1. The number of esters is 2. The van der Waals surface area contributed by atoms with Crippen LogP contribution in [0.15, 0.2) is 49.1 Å². The van der Waals surface area contributed by atoms with E-state index in [9.17, 15) is 28.8 Å². The molecule has 0 unspecified atom stereocenters. The average Bonchev–Trinajstić information content (AvgIpc) is 2.88. The molecule has 0 aliphatic heterocycles. The molecule has 5 N–H and O–H groups in total. The first-order valence-electron chi connectivity index (χ1n) is 9.62. The van der Waals surface area contributed by atoms with E-state index in [-0.39, 0.29) is 24.7 Å². The Labute approximate surface area is 204 Å². The molecule has 0 bridgehead atoms. The fourth-order valence-corrected chi connectivity index (χ4v) is 1.75. The highest BCUT2D eigenvalue weighted by molar-refractivity contribution is 6.80. The van der Waals surface area contributed by atoms with Gasteiger partial charge in [-0.25, -0.2) is 15.4 Å². The lowest BCUT2D eigenvalue weighted by molar-refractivity contribution is -0.154. The van der Waals surface area contributed by atoms with Gasteiger partial charge in [-0.05, 0) is 49.7 Å². The van der Waals surface area contributed by atoms with Crippen molar-refractivity contribution in [1.29, 1.82) is 0 Å². The molecule has 0 aromatic carbocycles. The van der Waals surface area contributed by atoms with Gasteiger partial charge in [-0.3, -0.25) is 45.4 Å². The summed E-state index contributed by atoms with van der Waals surface area (Å²) in [6.45, 7) is 3.43. The highest BCUT2D eigenvalue weighted by Gasteiger charge is 2.15. The van der Waals surface area contributed by atoms with E-state index in [0.29, 0.717) is 5.56 Å². The minimum absolute atomic E-state index is 0.0861. The maximum Gasteiger partial charge on any atom is 0.398 e. The third kappa shape index (κ3) is 13.7. The number of hydrogen-bond acceptors (Lipinski definition) is 11. The molecule has 0 aliphatic carbocycles. The van der Waals surface area contributed by atoms with Crippen molar-refractivity contribution >= 4 is 46.5 Å². The summed E-state index contributed by atoms with van der Waals surface area (Å²) < 4.78 is 8.61. The maximum absolute atomic E-state index is 11.4. The standard InChI is InChI=1S/C10H11N3O4.C6H7N3O.C4H5ClO3/c1-2-17-10(16)9(15)13-12-8(14)7-4-3-5-11-6-7;7-9-6(10)5-2-1-3-8-4-5;1-2-8-4(7)3(5)6/h3-6H,2H2,1H3,(H,12,14)(H,13,15);1-4H,7H2,(H,9,10);2H2,1H3. The molecule has 0 saturated heterocycles. The highest BCUT2D eigenvalue weighted by Crippen LogP contribution is 1.94. The third-order valence-corrected chi connectivity index (χ3v) is 3.32. The number of ether oxygens (including phenoxy) is 2. The first-order valence-corrected chi connectivity index (χ1v) is 10.0. The van der Waals surface area contributed by atoms with Crippen LogP contribution in [0.5, 0.6) is 0 Å². The smallest absolute Gasteiger partial charge is 0.398 e. The number of nitrogens with one attached hydrogen (secondary N) is 3. The second-order valence-corrected chi connectivity index (χ2v) is 5.92. The summed E-state index contributed by atoms with van der Waals surface area (Å²) in [6, 6.07) is 6.39. The Hall–Kier alpha value is -4.43. The molecule has 2 aromatic rings. The van der Waals surface area contributed by atoms with Crippen LogP contribution in [0.25, 0.3) is 0 Å². The molecule has 14 nitrogen and oxygen atoms in total. The summed E-state index contributed by atoms with van der Waals surface area (Å²) in [5, 5.41) is -1.08. The van der Waals surface area contributed by atoms with Gasteiger partial charge < -0.3 is 9.47 Å². The lowest BCUT2D eigenvalue weighted by atomic mass is 10.3. The second kappa shape index (κ2) is 18.0. The van der Waals surface area contributed by atoms with Crippen molar-refractivity contribution in [2.45, 2.75) is 13.8 Å². The molecule has 188 valence electrons. The molecule has 0 saturated carbocycles. The van der Waals surface area contributed by atoms with Crippen molar-refractivity contribution in [3.8, 4) is 0 Å². The largest absolute Gasteiger partial charge is 0.459 e. The third-order valence-electron chi connectivity index (χ3n) is 3.16. The molecule has 15 heteroatoms. The first kappa shape index (κ1) is 30.6. The summed E-state index contributed by atoms with van der Waals surface area (Å²) in [4.78, 5) is 71.4.